The van der Waals surface area contributed by atoms with Gasteiger partial charge in [0.05, 0.1) is 62.2 Å². The number of rotatable bonds is 18. The van der Waals surface area contributed by atoms with Gasteiger partial charge in [0, 0.05) is 83.4 Å². The Morgan fingerprint density at radius 1 is 0.197 bits per heavy atom. The van der Waals surface area contributed by atoms with Crippen molar-refractivity contribution in [3.05, 3.63) is 521 Å². The zero-order valence-corrected chi connectivity index (χ0v) is 72.3. The third-order valence-corrected chi connectivity index (χ3v) is 27.1. The summed E-state index contributed by atoms with van der Waals surface area (Å²) < 4.78 is 4.89. The van der Waals surface area contributed by atoms with Crippen LogP contribution in [0, 0.1) is 0 Å². The fourth-order valence-electron chi connectivity index (χ4n) is 20.9. The van der Waals surface area contributed by atoms with Crippen molar-refractivity contribution in [2.75, 3.05) is 19.6 Å². The predicted molar refractivity (Wildman–Crippen MR) is 558 cm³/mol. The van der Waals surface area contributed by atoms with E-state index in [0.29, 0.717) is 0 Å². The average Bonchev–Trinajstić information content (AvgIpc) is 1.35. The Labute approximate surface area is 767 Å². The van der Waals surface area contributed by atoms with Crippen LogP contribution in [0.4, 0.5) is 62.6 Å². The van der Waals surface area contributed by atoms with Crippen LogP contribution in [0.25, 0.3) is 149 Å². The standard InChI is InChI=1S/C126H86N6/c1-7-28-85(29-8-1)88-52-58-91(59-53-88)97-64-70-121-112(76-97)115-82-103(67-73-124(115)130(121)100-40-13-4-14-41-100)127(118-49-25-37-94-34-19-22-46-109(94)118)106-79-107(128(119-50-26-38-95-35-20-23-47-110(95)119)104-68-74-125-116(83-104)113-77-98(65-71-122(113)131(125)101-42-15-5-16-43-101)92-60-54-89(55-61-92)86-30-9-2-10-31-86)81-108(80-106)129(120-51-27-39-96-36-21-24-48-111(96)120)105-69-75-126-117(84-105)114-78-99(66-72-123(114)132(126)102-44-17-6-18-45-102)93-62-56-90(57-63-93)87-32-11-3-12-33-87/h1-84,112,121H. The number of anilines is 11. The molecule has 6 nitrogen and oxygen atoms in total. The van der Waals surface area contributed by atoms with Crippen LogP contribution in [0.15, 0.2) is 510 Å². The summed E-state index contributed by atoms with van der Waals surface area (Å²) in [7, 11) is 0. The van der Waals surface area contributed by atoms with Crippen molar-refractivity contribution in [1.29, 1.82) is 0 Å². The van der Waals surface area contributed by atoms with Crippen LogP contribution in [0.5, 0.6) is 0 Å². The second-order valence-corrected chi connectivity index (χ2v) is 34.7. The summed E-state index contributed by atoms with van der Waals surface area (Å²) >= 11 is 0. The Hall–Kier alpha value is -17.3. The van der Waals surface area contributed by atoms with Crippen LogP contribution in [-0.4, -0.2) is 15.2 Å². The molecule has 1 aliphatic heterocycles. The number of benzene rings is 21. The van der Waals surface area contributed by atoms with Crippen LogP contribution >= 0.6 is 0 Å². The second-order valence-electron chi connectivity index (χ2n) is 34.7. The minimum atomic E-state index is -0.0352. The van der Waals surface area contributed by atoms with E-state index >= 15 is 0 Å². The molecular formula is C126H86N6. The Kier molecular flexibility index (Phi) is 19.0. The predicted octanol–water partition coefficient (Wildman–Crippen LogP) is 34.3. The van der Waals surface area contributed by atoms with Crippen molar-refractivity contribution in [1.82, 2.24) is 9.13 Å². The number of aromatic nitrogens is 2. The third-order valence-electron chi connectivity index (χ3n) is 27.1. The van der Waals surface area contributed by atoms with E-state index in [-0.39, 0.29) is 12.0 Å². The number of nitrogens with zero attached hydrogens (tertiary/aromatic N) is 6. The summed E-state index contributed by atoms with van der Waals surface area (Å²) in [6, 6.07) is 182. The Balaban J connectivity index is 0.759. The van der Waals surface area contributed by atoms with E-state index in [1.807, 2.05) is 0 Å². The van der Waals surface area contributed by atoms with Crippen molar-refractivity contribution in [2.24, 2.45) is 0 Å². The van der Waals surface area contributed by atoms with E-state index in [9.17, 15) is 0 Å². The molecule has 0 saturated carbocycles. The zero-order chi connectivity index (χ0) is 87.1. The topological polar surface area (TPSA) is 22.8 Å². The van der Waals surface area contributed by atoms with Crippen LogP contribution in [0.3, 0.4) is 0 Å². The molecule has 132 heavy (non-hydrogen) atoms. The van der Waals surface area contributed by atoms with E-state index in [2.05, 4.69) is 538 Å². The highest BCUT2D eigenvalue weighted by molar-refractivity contribution is 6.15. The summed E-state index contributed by atoms with van der Waals surface area (Å²) in [6.07, 6.45) is 7.33. The lowest BCUT2D eigenvalue weighted by molar-refractivity contribution is 0.747. The summed E-state index contributed by atoms with van der Waals surface area (Å²) in [5.41, 5.74) is 33.2. The monoisotopic (exact) mass is 1680 g/mol. The molecule has 2 atom stereocenters. The van der Waals surface area contributed by atoms with Crippen molar-refractivity contribution >= 4 is 144 Å². The molecule has 0 saturated heterocycles. The first-order valence-electron chi connectivity index (χ1n) is 45.6. The lowest BCUT2D eigenvalue weighted by atomic mass is 9.85. The normalized spacial score (nSPS) is 13.5. The van der Waals surface area contributed by atoms with Gasteiger partial charge in [-0.25, -0.2) is 0 Å². The smallest absolute Gasteiger partial charge is 0.0630 e. The number of para-hydroxylation sites is 3. The molecule has 23 aromatic rings. The van der Waals surface area contributed by atoms with Gasteiger partial charge in [-0.05, 0) is 240 Å². The maximum Gasteiger partial charge on any atom is 0.0630 e. The van der Waals surface area contributed by atoms with Gasteiger partial charge in [-0.15, -0.1) is 0 Å². The number of fused-ring (bicyclic) bond motifs is 12. The van der Waals surface area contributed by atoms with Crippen molar-refractivity contribution in [2.45, 2.75) is 12.0 Å². The van der Waals surface area contributed by atoms with E-state index in [1.54, 1.807) is 0 Å². The van der Waals surface area contributed by atoms with E-state index in [0.717, 1.165) is 166 Å². The first-order valence-corrected chi connectivity index (χ1v) is 45.6. The molecule has 0 spiro atoms. The highest BCUT2D eigenvalue weighted by Gasteiger charge is 2.40. The molecule has 6 heteroatoms. The Morgan fingerprint density at radius 2 is 0.492 bits per heavy atom. The lowest BCUT2D eigenvalue weighted by Gasteiger charge is -2.34. The summed E-state index contributed by atoms with van der Waals surface area (Å²) in [6.45, 7) is 0. The molecule has 21 aromatic carbocycles. The van der Waals surface area contributed by atoms with Crippen molar-refractivity contribution < 1.29 is 0 Å². The van der Waals surface area contributed by atoms with Gasteiger partial charge in [-0.3, -0.25) is 0 Å². The van der Waals surface area contributed by atoms with Crippen LogP contribution in [0.1, 0.15) is 17.0 Å². The zero-order valence-electron chi connectivity index (χ0n) is 72.3. The lowest BCUT2D eigenvalue weighted by Crippen LogP contribution is -2.28. The quantitative estimate of drug-likeness (QED) is 0.0854. The van der Waals surface area contributed by atoms with Gasteiger partial charge in [-0.2, -0.15) is 0 Å². The van der Waals surface area contributed by atoms with Crippen molar-refractivity contribution in [3.8, 4) is 67.0 Å². The van der Waals surface area contributed by atoms with E-state index in [4.69, 9.17) is 0 Å². The Morgan fingerprint density at radius 3 is 0.886 bits per heavy atom. The summed E-state index contributed by atoms with van der Waals surface area (Å²) in [5.74, 6) is -0.0352. The molecule has 0 N–H and O–H groups in total. The van der Waals surface area contributed by atoms with E-state index < -0.39 is 0 Å². The molecule has 0 fully saturated rings. The first kappa shape index (κ1) is 77.1. The fourth-order valence-corrected chi connectivity index (χ4v) is 20.9. The molecule has 2 unspecified atom stereocenters. The van der Waals surface area contributed by atoms with Gasteiger partial charge in [0.1, 0.15) is 0 Å². The van der Waals surface area contributed by atoms with Crippen LogP contribution < -0.4 is 19.6 Å². The fraction of sp³-hybridized carbons (Fsp3) is 0.0159. The average molecular weight is 1680 g/mol. The van der Waals surface area contributed by atoms with Gasteiger partial charge < -0.3 is 28.7 Å². The number of hydrogen-bond donors (Lipinski definition) is 0. The molecule has 620 valence electrons. The minimum Gasteiger partial charge on any atom is -0.333 e. The molecule has 1 aliphatic carbocycles. The van der Waals surface area contributed by atoms with Gasteiger partial charge in [0.25, 0.3) is 0 Å². The maximum atomic E-state index is 2.57. The van der Waals surface area contributed by atoms with Crippen LogP contribution in [0.2, 0.25) is 0 Å². The molecule has 25 rings (SSSR count). The summed E-state index contributed by atoms with van der Waals surface area (Å²) in [5, 5.41) is 11.3. The highest BCUT2D eigenvalue weighted by atomic mass is 15.2. The number of allylic oxidation sites excluding steroid dienone is 2. The van der Waals surface area contributed by atoms with Gasteiger partial charge >= 0.3 is 0 Å². The number of hydrogen-bond acceptors (Lipinski definition) is 4. The Bertz CT molecular complexity index is 8070. The maximum absolute atomic E-state index is 2.57. The van der Waals surface area contributed by atoms with Gasteiger partial charge in [0.2, 0.25) is 0 Å². The van der Waals surface area contributed by atoms with Gasteiger partial charge in [-0.1, -0.05) is 358 Å². The SMILES string of the molecule is C1=CC2C(C=C1c1ccc(-c3ccccc3)cc1)c1cc(N(c3cc(N(c4ccc5c(c4)c4cc(-c6ccc(-c7ccccc7)cc6)ccc4n5-c4ccccc4)c4cccc5ccccc45)cc(N(c4ccc5c(c4)c4cc(-c6ccc(-c7ccccc7)cc6)ccc4n5-c4ccccc4)c4cccc5ccccc45)c3)c3cccc4ccccc34)ccc1N2c1ccccc1. The molecular weight excluding hydrogens is 1600 g/mol. The highest BCUT2D eigenvalue weighted by Crippen LogP contribution is 2.56. The van der Waals surface area contributed by atoms with Crippen LogP contribution in [-0.2, 0) is 0 Å². The molecule has 0 bridgehead atoms. The van der Waals surface area contributed by atoms with Gasteiger partial charge in [0.15, 0.2) is 0 Å². The second kappa shape index (κ2) is 32.5. The first-order chi connectivity index (χ1) is 65.4. The minimum absolute atomic E-state index is 0.0105. The molecule has 2 aromatic heterocycles. The van der Waals surface area contributed by atoms with Crippen molar-refractivity contribution in [3.63, 3.8) is 0 Å². The largest absolute Gasteiger partial charge is 0.333 e. The third kappa shape index (κ3) is 13.6. The summed E-state index contributed by atoms with van der Waals surface area (Å²) in [4.78, 5) is 10.2. The molecule has 3 heterocycles. The van der Waals surface area contributed by atoms with E-state index in [1.165, 1.54) is 55.8 Å². The molecule has 0 radical (unpaired) electrons. The molecule has 0 amide bonds. The molecule has 2 aliphatic rings.